The summed E-state index contributed by atoms with van der Waals surface area (Å²) in [6.45, 7) is 6.43. The molecule has 0 radical (unpaired) electrons. The Morgan fingerprint density at radius 1 is 1.53 bits per heavy atom. The molecule has 0 atom stereocenters. The highest BCUT2D eigenvalue weighted by atomic mass is 79.9. The van der Waals surface area contributed by atoms with E-state index in [1.54, 1.807) is 11.3 Å². The quantitative estimate of drug-likeness (QED) is 0.863. The van der Waals surface area contributed by atoms with Gasteiger partial charge in [0.05, 0.1) is 6.54 Å². The molecule has 1 aromatic heterocycles. The Kier molecular flexibility index (Phi) is 4.16. The zero-order valence-electron chi connectivity index (χ0n) is 9.06. The van der Waals surface area contributed by atoms with Crippen LogP contribution in [0.15, 0.2) is 15.9 Å². The number of amides is 2. The summed E-state index contributed by atoms with van der Waals surface area (Å²) in [6, 6.07) is 1.87. The van der Waals surface area contributed by atoms with E-state index in [-0.39, 0.29) is 11.6 Å². The number of carbonyl (C=O) groups is 1. The highest BCUT2D eigenvalue weighted by molar-refractivity contribution is 9.10. The Hall–Kier alpha value is -0.550. The van der Waals surface area contributed by atoms with Gasteiger partial charge in [-0.1, -0.05) is 0 Å². The average Bonchev–Trinajstić information content (AvgIpc) is 2.45. The maximum atomic E-state index is 11.4. The van der Waals surface area contributed by atoms with E-state index in [1.165, 1.54) is 0 Å². The second kappa shape index (κ2) is 4.99. The maximum Gasteiger partial charge on any atom is 0.315 e. The van der Waals surface area contributed by atoms with Crippen LogP contribution in [-0.2, 0) is 6.54 Å². The summed E-state index contributed by atoms with van der Waals surface area (Å²) in [5, 5.41) is 7.65. The van der Waals surface area contributed by atoms with Crippen molar-refractivity contribution in [3.63, 3.8) is 0 Å². The highest BCUT2D eigenvalue weighted by Gasteiger charge is 2.12. The van der Waals surface area contributed by atoms with Gasteiger partial charge in [0, 0.05) is 20.3 Å². The van der Waals surface area contributed by atoms with Crippen molar-refractivity contribution < 1.29 is 4.79 Å². The van der Waals surface area contributed by atoms with Gasteiger partial charge in [-0.05, 0) is 42.8 Å². The van der Waals surface area contributed by atoms with E-state index in [0.717, 1.165) is 9.35 Å². The number of hydrogen-bond donors (Lipinski definition) is 2. The highest BCUT2D eigenvalue weighted by Crippen LogP contribution is 2.19. The molecule has 0 aliphatic heterocycles. The molecule has 0 fully saturated rings. The molecule has 0 unspecified atom stereocenters. The van der Waals surface area contributed by atoms with Crippen LogP contribution in [0, 0.1) is 0 Å². The molecule has 3 nitrogen and oxygen atoms in total. The fourth-order valence-electron chi connectivity index (χ4n) is 0.999. The molecule has 0 saturated carbocycles. The molecule has 0 saturated heterocycles. The number of carbonyl (C=O) groups excluding carboxylic acids is 1. The number of urea groups is 1. The van der Waals surface area contributed by atoms with Crippen LogP contribution in [0.4, 0.5) is 4.79 Å². The van der Waals surface area contributed by atoms with Gasteiger partial charge in [0.2, 0.25) is 0 Å². The summed E-state index contributed by atoms with van der Waals surface area (Å²) in [7, 11) is 0. The lowest BCUT2D eigenvalue weighted by molar-refractivity contribution is 0.231. The standard InChI is InChI=1S/C10H15BrN2OS/c1-10(2,3)13-9(14)12-5-8-4-7(11)6-15-8/h4,6H,5H2,1-3H3,(H2,12,13,14). The first-order valence-electron chi connectivity index (χ1n) is 4.66. The summed E-state index contributed by atoms with van der Waals surface area (Å²) >= 11 is 4.99. The maximum absolute atomic E-state index is 11.4. The molecule has 0 bridgehead atoms. The summed E-state index contributed by atoms with van der Waals surface area (Å²) in [5.41, 5.74) is -0.194. The van der Waals surface area contributed by atoms with Gasteiger partial charge in [-0.3, -0.25) is 0 Å². The minimum Gasteiger partial charge on any atom is -0.334 e. The first kappa shape index (κ1) is 12.5. The van der Waals surface area contributed by atoms with Crippen LogP contribution in [0.5, 0.6) is 0 Å². The van der Waals surface area contributed by atoms with Crippen LogP contribution in [0.25, 0.3) is 0 Å². The largest absolute Gasteiger partial charge is 0.334 e. The van der Waals surface area contributed by atoms with E-state index in [0.29, 0.717) is 6.54 Å². The number of rotatable bonds is 2. The van der Waals surface area contributed by atoms with Crippen LogP contribution < -0.4 is 10.6 Å². The summed E-state index contributed by atoms with van der Waals surface area (Å²) < 4.78 is 1.06. The molecule has 1 aromatic rings. The van der Waals surface area contributed by atoms with E-state index >= 15 is 0 Å². The fourth-order valence-corrected chi connectivity index (χ4v) is 2.39. The second-order valence-electron chi connectivity index (χ2n) is 4.29. The van der Waals surface area contributed by atoms with E-state index in [4.69, 9.17) is 0 Å². The molecular formula is C10H15BrN2OS. The number of thiophene rings is 1. The predicted molar refractivity (Wildman–Crippen MR) is 67.1 cm³/mol. The SMILES string of the molecule is CC(C)(C)NC(=O)NCc1cc(Br)cs1. The Labute approximate surface area is 102 Å². The second-order valence-corrected chi connectivity index (χ2v) is 6.20. The van der Waals surface area contributed by atoms with E-state index in [1.807, 2.05) is 32.2 Å². The van der Waals surface area contributed by atoms with Gasteiger partial charge in [0.25, 0.3) is 0 Å². The predicted octanol–water partition coefficient (Wildman–Crippen LogP) is 3.11. The van der Waals surface area contributed by atoms with Crippen molar-refractivity contribution in [1.82, 2.24) is 10.6 Å². The van der Waals surface area contributed by atoms with Crippen molar-refractivity contribution in [1.29, 1.82) is 0 Å². The fraction of sp³-hybridized carbons (Fsp3) is 0.500. The summed E-state index contributed by atoms with van der Waals surface area (Å²) in [4.78, 5) is 12.5. The third-order valence-corrected chi connectivity index (χ3v) is 3.23. The first-order chi connectivity index (χ1) is 6.87. The van der Waals surface area contributed by atoms with Crippen molar-refractivity contribution in [2.24, 2.45) is 0 Å². The van der Waals surface area contributed by atoms with Gasteiger partial charge in [-0.2, -0.15) is 0 Å². The number of hydrogen-bond acceptors (Lipinski definition) is 2. The molecule has 84 valence electrons. The van der Waals surface area contributed by atoms with Crippen LogP contribution >= 0.6 is 27.3 Å². The summed E-state index contributed by atoms with van der Waals surface area (Å²) in [6.07, 6.45) is 0. The van der Waals surface area contributed by atoms with E-state index < -0.39 is 0 Å². The van der Waals surface area contributed by atoms with Gasteiger partial charge in [0.15, 0.2) is 0 Å². The van der Waals surface area contributed by atoms with Crippen molar-refractivity contribution in [2.45, 2.75) is 32.9 Å². The lowest BCUT2D eigenvalue weighted by Gasteiger charge is -2.20. The van der Waals surface area contributed by atoms with Gasteiger partial charge in [-0.15, -0.1) is 11.3 Å². The van der Waals surface area contributed by atoms with Gasteiger partial charge < -0.3 is 10.6 Å². The molecule has 1 rings (SSSR count). The zero-order chi connectivity index (χ0) is 11.5. The number of halogens is 1. The Morgan fingerprint density at radius 2 is 2.20 bits per heavy atom. The normalized spacial score (nSPS) is 11.2. The van der Waals surface area contributed by atoms with Crippen molar-refractivity contribution in [3.8, 4) is 0 Å². The minimum atomic E-state index is -0.194. The van der Waals surface area contributed by atoms with Crippen LogP contribution in [0.3, 0.4) is 0 Å². The first-order valence-corrected chi connectivity index (χ1v) is 6.33. The molecule has 0 aliphatic carbocycles. The monoisotopic (exact) mass is 290 g/mol. The third kappa shape index (κ3) is 5.18. The smallest absolute Gasteiger partial charge is 0.315 e. The molecule has 15 heavy (non-hydrogen) atoms. The molecule has 0 aromatic carbocycles. The lowest BCUT2D eigenvalue weighted by atomic mass is 10.1. The Bertz CT molecular complexity index is 343. The van der Waals surface area contributed by atoms with E-state index in [2.05, 4.69) is 26.6 Å². The summed E-state index contributed by atoms with van der Waals surface area (Å²) in [5.74, 6) is 0. The van der Waals surface area contributed by atoms with Crippen LogP contribution in [0.1, 0.15) is 25.6 Å². The third-order valence-electron chi connectivity index (χ3n) is 1.53. The lowest BCUT2D eigenvalue weighted by Crippen LogP contribution is -2.46. The van der Waals surface area contributed by atoms with Crippen LogP contribution in [0.2, 0.25) is 0 Å². The molecule has 0 spiro atoms. The Balaban J connectivity index is 2.35. The van der Waals surface area contributed by atoms with Crippen molar-refractivity contribution in [3.05, 3.63) is 20.8 Å². The minimum absolute atomic E-state index is 0.132. The molecule has 0 aliphatic rings. The molecule has 2 N–H and O–H groups in total. The topological polar surface area (TPSA) is 41.1 Å². The molecule has 1 heterocycles. The number of nitrogens with one attached hydrogen (secondary N) is 2. The van der Waals surface area contributed by atoms with Crippen molar-refractivity contribution >= 4 is 33.3 Å². The van der Waals surface area contributed by atoms with E-state index in [9.17, 15) is 4.79 Å². The Morgan fingerprint density at radius 3 is 2.67 bits per heavy atom. The average molecular weight is 291 g/mol. The molecular weight excluding hydrogens is 276 g/mol. The zero-order valence-corrected chi connectivity index (χ0v) is 11.5. The molecule has 5 heteroatoms. The molecule has 2 amide bonds. The van der Waals surface area contributed by atoms with Crippen molar-refractivity contribution in [2.75, 3.05) is 0 Å². The van der Waals surface area contributed by atoms with Gasteiger partial charge in [0.1, 0.15) is 0 Å². The van der Waals surface area contributed by atoms with Gasteiger partial charge in [-0.25, -0.2) is 4.79 Å². The van der Waals surface area contributed by atoms with Crippen LogP contribution in [-0.4, -0.2) is 11.6 Å². The van der Waals surface area contributed by atoms with Gasteiger partial charge >= 0.3 is 6.03 Å².